The molecule has 0 saturated heterocycles. The van der Waals surface area contributed by atoms with Crippen LogP contribution in [0.3, 0.4) is 0 Å². The van der Waals surface area contributed by atoms with Crippen molar-refractivity contribution in [3.8, 4) is 0 Å². The topological polar surface area (TPSA) is 146 Å². The monoisotopic (exact) mass is 515 g/mol. The summed E-state index contributed by atoms with van der Waals surface area (Å²) in [4.78, 5) is 66.3. The maximum absolute atomic E-state index is 13.0. The van der Waals surface area contributed by atoms with E-state index in [2.05, 4.69) is 4.98 Å². The number of hydrogen-bond acceptors (Lipinski definition) is 11. The minimum Gasteiger partial charge on any atom is -0.465 e. The van der Waals surface area contributed by atoms with Crippen LogP contribution < -0.4 is 4.90 Å². The molecule has 2 amide bonds. The van der Waals surface area contributed by atoms with E-state index in [1.165, 1.54) is 24.3 Å². The molecule has 0 atom stereocenters. The molecule has 0 bridgehead atoms. The molecule has 3 aromatic rings. The van der Waals surface area contributed by atoms with Gasteiger partial charge in [0.2, 0.25) is 5.25 Å². The number of thioether (sulfide) groups is 1. The van der Waals surface area contributed by atoms with Gasteiger partial charge in [-0.05, 0) is 38.1 Å². The van der Waals surface area contributed by atoms with Crippen LogP contribution in [0, 0.1) is 10.1 Å². The van der Waals surface area contributed by atoms with E-state index in [1.807, 2.05) is 0 Å². The lowest BCUT2D eigenvalue weighted by atomic mass is 10.1. The predicted molar refractivity (Wildman–Crippen MR) is 127 cm³/mol. The van der Waals surface area contributed by atoms with E-state index in [9.17, 15) is 29.3 Å². The third kappa shape index (κ3) is 4.47. The molecule has 11 nitrogen and oxygen atoms in total. The Morgan fingerprint density at radius 2 is 1.80 bits per heavy atom. The SMILES string of the molecule is CCOC(=O)C(Sc1nc2ccc(N3C(=O)c4cccc([N+](=O)[O-])c4C3=O)cc2s1)C(=O)OCC. The smallest absolute Gasteiger partial charge is 0.331 e. The van der Waals surface area contributed by atoms with Gasteiger partial charge in [0.05, 0.1) is 39.6 Å². The molecule has 4 rings (SSSR count). The molecule has 35 heavy (non-hydrogen) atoms. The Balaban J connectivity index is 1.65. The molecule has 0 radical (unpaired) electrons. The predicted octanol–water partition coefficient (Wildman–Crippen LogP) is 3.59. The molecule has 0 fully saturated rings. The van der Waals surface area contributed by atoms with E-state index in [0.717, 1.165) is 28.0 Å². The maximum Gasteiger partial charge on any atom is 0.331 e. The van der Waals surface area contributed by atoms with Gasteiger partial charge < -0.3 is 9.47 Å². The van der Waals surface area contributed by atoms with Crippen molar-refractivity contribution in [2.45, 2.75) is 23.4 Å². The van der Waals surface area contributed by atoms with Crippen LogP contribution >= 0.6 is 23.1 Å². The zero-order chi connectivity index (χ0) is 25.3. The van der Waals surface area contributed by atoms with Crippen LogP contribution in [0.5, 0.6) is 0 Å². The fourth-order valence-corrected chi connectivity index (χ4v) is 5.63. The molecule has 1 aliphatic heterocycles. The second kappa shape index (κ2) is 9.80. The highest BCUT2D eigenvalue weighted by Crippen LogP contribution is 2.38. The highest BCUT2D eigenvalue weighted by Gasteiger charge is 2.42. The Morgan fingerprint density at radius 1 is 1.11 bits per heavy atom. The zero-order valence-corrected chi connectivity index (χ0v) is 20.0. The number of rotatable bonds is 8. The first-order chi connectivity index (χ1) is 16.8. The number of esters is 2. The molecule has 0 N–H and O–H groups in total. The Morgan fingerprint density at radius 3 is 2.43 bits per heavy atom. The molecule has 0 saturated carbocycles. The van der Waals surface area contributed by atoms with Crippen LogP contribution in [0.4, 0.5) is 11.4 Å². The molecule has 0 spiro atoms. The van der Waals surface area contributed by atoms with E-state index in [0.29, 0.717) is 14.6 Å². The van der Waals surface area contributed by atoms with Crippen molar-refractivity contribution >= 4 is 68.4 Å². The molecule has 2 aromatic carbocycles. The number of thiazole rings is 1. The first kappa shape index (κ1) is 24.3. The van der Waals surface area contributed by atoms with Crippen molar-refractivity contribution < 1.29 is 33.6 Å². The highest BCUT2D eigenvalue weighted by molar-refractivity contribution is 8.03. The molecule has 1 aliphatic rings. The number of aromatic nitrogens is 1. The lowest BCUT2D eigenvalue weighted by Crippen LogP contribution is -2.30. The Kier molecular flexibility index (Phi) is 6.80. The number of ether oxygens (including phenoxy) is 2. The van der Waals surface area contributed by atoms with E-state index < -0.39 is 39.6 Å². The van der Waals surface area contributed by atoms with Gasteiger partial charge in [-0.15, -0.1) is 11.3 Å². The average Bonchev–Trinajstić information content (AvgIpc) is 3.34. The van der Waals surface area contributed by atoms with Gasteiger partial charge in [0.1, 0.15) is 5.56 Å². The second-order valence-corrected chi connectivity index (χ2v) is 9.42. The second-order valence-electron chi connectivity index (χ2n) is 7.04. The minimum atomic E-state index is -1.26. The van der Waals surface area contributed by atoms with Gasteiger partial charge in [-0.3, -0.25) is 29.3 Å². The van der Waals surface area contributed by atoms with Crippen LogP contribution in [0.25, 0.3) is 10.2 Å². The molecule has 1 aromatic heterocycles. The summed E-state index contributed by atoms with van der Waals surface area (Å²) >= 11 is 2.02. The molecule has 13 heteroatoms. The minimum absolute atomic E-state index is 0.0449. The summed E-state index contributed by atoms with van der Waals surface area (Å²) in [6, 6.07) is 8.52. The number of anilines is 1. The van der Waals surface area contributed by atoms with E-state index >= 15 is 0 Å². The largest absolute Gasteiger partial charge is 0.465 e. The lowest BCUT2D eigenvalue weighted by Gasteiger charge is -2.13. The van der Waals surface area contributed by atoms with E-state index in [-0.39, 0.29) is 30.0 Å². The summed E-state index contributed by atoms with van der Waals surface area (Å²) in [5.41, 5.74) is -0.0165. The number of benzene rings is 2. The summed E-state index contributed by atoms with van der Waals surface area (Å²) in [7, 11) is 0. The number of nitro groups is 1. The van der Waals surface area contributed by atoms with Crippen molar-refractivity contribution in [1.29, 1.82) is 0 Å². The van der Waals surface area contributed by atoms with Gasteiger partial charge in [-0.2, -0.15) is 0 Å². The normalized spacial score (nSPS) is 12.8. The van der Waals surface area contributed by atoms with Crippen molar-refractivity contribution in [2.75, 3.05) is 18.1 Å². The summed E-state index contributed by atoms with van der Waals surface area (Å²) in [5, 5.41) is 10.1. The van der Waals surface area contributed by atoms with Gasteiger partial charge >= 0.3 is 11.9 Å². The standard InChI is InChI=1S/C22H17N3O8S2/c1-3-32-20(28)17(21(29)33-4-2)35-22-23-13-9-8-11(10-15(13)34-22)24-18(26)12-6-5-7-14(25(30)31)16(12)19(24)27/h5-10,17H,3-4H2,1-2H3. The first-order valence-corrected chi connectivity index (χ1v) is 12.0. The Hall–Kier alpha value is -3.84. The average molecular weight is 516 g/mol. The van der Waals surface area contributed by atoms with Gasteiger partial charge in [0, 0.05) is 6.07 Å². The van der Waals surface area contributed by atoms with E-state index in [4.69, 9.17) is 9.47 Å². The fourth-order valence-electron chi connectivity index (χ4n) is 3.47. The Labute approximate surface area is 206 Å². The molecular weight excluding hydrogens is 498 g/mol. The highest BCUT2D eigenvalue weighted by atomic mass is 32.2. The van der Waals surface area contributed by atoms with Crippen LogP contribution in [0.15, 0.2) is 40.7 Å². The summed E-state index contributed by atoms with van der Waals surface area (Å²) < 4.78 is 10.9. The van der Waals surface area contributed by atoms with Crippen molar-refractivity contribution in [3.05, 3.63) is 57.6 Å². The molecule has 0 aliphatic carbocycles. The number of nitrogens with zero attached hydrogens (tertiary/aromatic N) is 3. The number of carbonyl (C=O) groups is 4. The number of amides is 2. The van der Waals surface area contributed by atoms with Crippen molar-refractivity contribution in [3.63, 3.8) is 0 Å². The van der Waals surface area contributed by atoms with Crippen LogP contribution in [-0.4, -0.2) is 52.1 Å². The van der Waals surface area contributed by atoms with E-state index in [1.54, 1.807) is 26.0 Å². The number of nitro benzene ring substituents is 1. The van der Waals surface area contributed by atoms with Gasteiger partial charge in [0.25, 0.3) is 17.5 Å². The molecule has 180 valence electrons. The lowest BCUT2D eigenvalue weighted by molar-refractivity contribution is -0.385. The van der Waals surface area contributed by atoms with Crippen molar-refractivity contribution in [2.24, 2.45) is 0 Å². The van der Waals surface area contributed by atoms with Crippen LogP contribution in [0.1, 0.15) is 34.6 Å². The van der Waals surface area contributed by atoms with Crippen LogP contribution in [-0.2, 0) is 19.1 Å². The van der Waals surface area contributed by atoms with Crippen molar-refractivity contribution in [1.82, 2.24) is 4.98 Å². The third-order valence-electron chi connectivity index (χ3n) is 4.92. The van der Waals surface area contributed by atoms with Crippen LogP contribution in [0.2, 0.25) is 0 Å². The van der Waals surface area contributed by atoms with Gasteiger partial charge in [-0.25, -0.2) is 9.88 Å². The summed E-state index contributed by atoms with van der Waals surface area (Å²) in [6.45, 7) is 3.43. The summed E-state index contributed by atoms with van der Waals surface area (Å²) in [5.74, 6) is -2.95. The quantitative estimate of drug-likeness (QED) is 0.109. The molecule has 0 unspecified atom stereocenters. The first-order valence-electron chi connectivity index (χ1n) is 10.3. The maximum atomic E-state index is 13.0. The number of imide groups is 1. The number of fused-ring (bicyclic) bond motifs is 2. The third-order valence-corrected chi connectivity index (χ3v) is 7.19. The number of hydrogen-bond donors (Lipinski definition) is 0. The fraction of sp³-hybridized carbons (Fsp3) is 0.227. The summed E-state index contributed by atoms with van der Waals surface area (Å²) in [6.07, 6.45) is 0. The molecule has 2 heterocycles. The zero-order valence-electron chi connectivity index (χ0n) is 18.4. The number of carbonyl (C=O) groups excluding carboxylic acids is 4. The van der Waals surface area contributed by atoms with Gasteiger partial charge in [-0.1, -0.05) is 17.8 Å². The Bertz CT molecular complexity index is 1370. The molecular formula is C22H17N3O8S2. The van der Waals surface area contributed by atoms with Gasteiger partial charge in [0.15, 0.2) is 4.34 Å².